The van der Waals surface area contributed by atoms with Crippen molar-refractivity contribution >= 4 is 31.8 Å². The number of amides is 1. The van der Waals surface area contributed by atoms with E-state index < -0.39 is 15.8 Å². The van der Waals surface area contributed by atoms with Gasteiger partial charge in [0, 0.05) is 6.54 Å². The third kappa shape index (κ3) is 6.92. The van der Waals surface area contributed by atoms with Crippen LogP contribution in [-0.4, -0.2) is 76.5 Å². The second-order valence-corrected chi connectivity index (χ2v) is 9.10. The average Bonchev–Trinajstić information content (AvgIpc) is 2.77. The summed E-state index contributed by atoms with van der Waals surface area (Å²) in [7, 11) is 1.80. The Labute approximate surface area is 178 Å². The number of carbonyl (C=O) groups excluding carboxylic acids is 1. The molecular weight excluding hydrogens is 431 g/mol. The van der Waals surface area contributed by atoms with Crippen molar-refractivity contribution in [1.82, 2.24) is 9.80 Å². The summed E-state index contributed by atoms with van der Waals surface area (Å²) in [6, 6.07) is 18.1. The van der Waals surface area contributed by atoms with E-state index in [1.54, 1.807) is 11.9 Å². The number of hydrogen-bond acceptors (Lipinski definition) is 6. The standard InChI is InChI=1S/C21H27GeN3O4/c1-23(20-9-7-19(8-10-20)22-28-29-27)21(26)11-12-24-13-15-25(16-14-24)17-18-5-3-2-4-6-18/h2-10,27H,11-17H2,1H3. The van der Waals surface area contributed by atoms with Gasteiger partial charge in [0.1, 0.15) is 0 Å². The van der Waals surface area contributed by atoms with Crippen molar-refractivity contribution in [1.29, 1.82) is 0 Å². The van der Waals surface area contributed by atoms with Gasteiger partial charge in [0.25, 0.3) is 0 Å². The van der Waals surface area contributed by atoms with Crippen molar-refractivity contribution in [2.75, 3.05) is 44.7 Å². The number of piperazine rings is 1. The van der Waals surface area contributed by atoms with Crippen molar-refractivity contribution in [3.05, 3.63) is 60.2 Å². The van der Waals surface area contributed by atoms with E-state index >= 15 is 0 Å². The summed E-state index contributed by atoms with van der Waals surface area (Å²) in [5, 5.41) is 11.9. The molecule has 1 aliphatic rings. The monoisotopic (exact) mass is 459 g/mol. The van der Waals surface area contributed by atoms with E-state index in [-0.39, 0.29) is 5.91 Å². The van der Waals surface area contributed by atoms with Crippen LogP contribution in [0.2, 0.25) is 0 Å². The molecule has 1 amide bonds. The van der Waals surface area contributed by atoms with Crippen LogP contribution in [0.1, 0.15) is 12.0 Å². The first-order valence-electron chi connectivity index (χ1n) is 9.74. The molecule has 8 heteroatoms. The molecule has 0 aliphatic carbocycles. The Morgan fingerprint density at radius 2 is 1.69 bits per heavy atom. The molecule has 0 aromatic heterocycles. The zero-order valence-electron chi connectivity index (χ0n) is 16.7. The Kier molecular flexibility index (Phi) is 8.66. The van der Waals surface area contributed by atoms with Gasteiger partial charge in [0.2, 0.25) is 0 Å². The molecule has 1 N–H and O–H groups in total. The van der Waals surface area contributed by atoms with E-state index in [0.717, 1.165) is 49.4 Å². The second-order valence-electron chi connectivity index (χ2n) is 7.11. The molecule has 0 unspecified atom stereocenters. The van der Waals surface area contributed by atoms with E-state index in [1.165, 1.54) is 5.56 Å². The van der Waals surface area contributed by atoms with Gasteiger partial charge in [0.05, 0.1) is 0 Å². The summed E-state index contributed by atoms with van der Waals surface area (Å²) in [4.78, 5) is 19.1. The van der Waals surface area contributed by atoms with E-state index in [4.69, 9.17) is 5.26 Å². The molecule has 29 heavy (non-hydrogen) atoms. The molecule has 1 fully saturated rings. The molecule has 7 nitrogen and oxygen atoms in total. The number of anilines is 1. The Morgan fingerprint density at radius 3 is 2.34 bits per heavy atom. The maximum atomic E-state index is 12.6. The topological polar surface area (TPSA) is 65.5 Å². The van der Waals surface area contributed by atoms with Crippen LogP contribution in [0.15, 0.2) is 54.6 Å². The third-order valence-corrected chi connectivity index (χ3v) is 6.71. The fourth-order valence-electron chi connectivity index (χ4n) is 3.40. The summed E-state index contributed by atoms with van der Waals surface area (Å²) in [5.41, 5.74) is 2.20. The van der Waals surface area contributed by atoms with Gasteiger partial charge in [-0.3, -0.25) is 0 Å². The first kappa shape index (κ1) is 21.9. The molecule has 1 heterocycles. The normalized spacial score (nSPS) is 15.4. The Balaban J connectivity index is 1.39. The van der Waals surface area contributed by atoms with Crippen molar-refractivity contribution in [2.45, 2.75) is 13.0 Å². The summed E-state index contributed by atoms with van der Waals surface area (Å²) in [6.45, 7) is 5.83. The van der Waals surface area contributed by atoms with Crippen LogP contribution in [0.5, 0.6) is 0 Å². The first-order valence-corrected chi connectivity index (χ1v) is 11.6. The van der Waals surface area contributed by atoms with Crippen LogP contribution in [-0.2, 0) is 20.3 Å². The molecule has 1 aliphatic heterocycles. The summed E-state index contributed by atoms with van der Waals surface area (Å²) < 4.78 is 5.57. The van der Waals surface area contributed by atoms with Crippen LogP contribution >= 0.6 is 0 Å². The van der Waals surface area contributed by atoms with Gasteiger partial charge >= 0.3 is 136 Å². The molecule has 3 rings (SSSR count). The van der Waals surface area contributed by atoms with Crippen molar-refractivity contribution in [2.24, 2.45) is 0 Å². The number of hydrogen-bond donors (Lipinski definition) is 1. The summed E-state index contributed by atoms with van der Waals surface area (Å²) in [5.74, 6) is 0.107. The van der Waals surface area contributed by atoms with Crippen molar-refractivity contribution in [3.63, 3.8) is 0 Å². The fourth-order valence-corrected chi connectivity index (χ4v) is 4.31. The van der Waals surface area contributed by atoms with Crippen molar-refractivity contribution < 1.29 is 19.0 Å². The third-order valence-electron chi connectivity index (χ3n) is 5.18. The minimum absolute atomic E-state index is 0.107. The Morgan fingerprint density at radius 1 is 1.03 bits per heavy atom. The Hall–Kier alpha value is -1.75. The second kappa shape index (κ2) is 11.4. The first-order chi connectivity index (χ1) is 14.2. The predicted molar refractivity (Wildman–Crippen MR) is 113 cm³/mol. The van der Waals surface area contributed by atoms with E-state index in [9.17, 15) is 4.79 Å². The summed E-state index contributed by atoms with van der Waals surface area (Å²) >= 11 is -0.980. The van der Waals surface area contributed by atoms with Crippen LogP contribution in [0, 0.1) is 0 Å². The molecule has 2 aromatic rings. The predicted octanol–water partition coefficient (Wildman–Crippen LogP) is 1.52. The van der Waals surface area contributed by atoms with Gasteiger partial charge in [0.15, 0.2) is 0 Å². The molecule has 154 valence electrons. The molecule has 2 radical (unpaired) electrons. The molecule has 0 saturated carbocycles. The number of rotatable bonds is 9. The summed E-state index contributed by atoms with van der Waals surface area (Å²) in [6.07, 6.45) is 0.506. The van der Waals surface area contributed by atoms with Gasteiger partial charge in [-0.25, -0.2) is 0 Å². The van der Waals surface area contributed by atoms with Gasteiger partial charge in [-0.05, 0) is 5.56 Å². The van der Waals surface area contributed by atoms with E-state index in [1.807, 2.05) is 30.3 Å². The van der Waals surface area contributed by atoms with Crippen molar-refractivity contribution in [3.8, 4) is 0 Å². The SMILES string of the molecule is CN(C(=O)CCN1CCN(Cc2ccccc2)CC1)c1cc[c]([Ge][O]OO)cc1. The van der Waals surface area contributed by atoms with Crippen LogP contribution in [0.3, 0.4) is 0 Å². The van der Waals surface area contributed by atoms with Gasteiger partial charge < -0.3 is 0 Å². The number of carbonyl (C=O) groups is 1. The maximum absolute atomic E-state index is 12.6. The molecule has 0 bridgehead atoms. The van der Waals surface area contributed by atoms with E-state index in [2.05, 4.69) is 43.0 Å². The molecule has 0 atom stereocenters. The van der Waals surface area contributed by atoms with Gasteiger partial charge in [-0.1, -0.05) is 30.3 Å². The minimum atomic E-state index is -0.980. The molecule has 0 spiro atoms. The molecule has 1 saturated heterocycles. The molecular formula is C21H27GeN3O4. The zero-order valence-corrected chi connectivity index (χ0v) is 18.8. The zero-order chi connectivity index (χ0) is 20.5. The fraction of sp³-hybridized carbons (Fsp3) is 0.381. The van der Waals surface area contributed by atoms with Gasteiger partial charge in [-0.2, -0.15) is 0 Å². The number of nitrogens with zero attached hydrogens (tertiary/aromatic N) is 3. The van der Waals surface area contributed by atoms with Crippen LogP contribution in [0.25, 0.3) is 0 Å². The quantitative estimate of drug-likeness (QED) is 0.350. The van der Waals surface area contributed by atoms with Gasteiger partial charge in [-0.15, -0.1) is 0 Å². The van der Waals surface area contributed by atoms with Crippen LogP contribution in [0.4, 0.5) is 5.69 Å². The molecule has 2 aromatic carbocycles. The van der Waals surface area contributed by atoms with Crippen LogP contribution < -0.4 is 9.30 Å². The van der Waals surface area contributed by atoms with E-state index in [0.29, 0.717) is 6.42 Å². The Bertz CT molecular complexity index is 752. The number of benzene rings is 2. The average molecular weight is 458 g/mol.